The van der Waals surface area contributed by atoms with Crippen molar-refractivity contribution < 1.29 is 32.5 Å². The monoisotopic (exact) mass is 523 g/mol. The van der Waals surface area contributed by atoms with E-state index in [1.807, 2.05) is 21.1 Å². The highest BCUT2D eigenvalue weighted by molar-refractivity contribution is 7.47. The maximum Gasteiger partial charge on any atom is 0.472 e. The summed E-state index contributed by atoms with van der Waals surface area (Å²) in [6.07, 6.45) is 17.3. The maximum absolute atomic E-state index is 12.2. The lowest BCUT2D eigenvalue weighted by atomic mass is 10.0. The summed E-state index contributed by atoms with van der Waals surface area (Å²) in [5.41, 5.74) is 0. The molecule has 0 radical (unpaired) electrons. The van der Waals surface area contributed by atoms with E-state index in [1.54, 1.807) is 14.1 Å². The van der Waals surface area contributed by atoms with Crippen LogP contribution >= 0.6 is 7.82 Å². The minimum atomic E-state index is -4.19. The van der Waals surface area contributed by atoms with E-state index in [0.29, 0.717) is 17.4 Å². The van der Waals surface area contributed by atoms with Crippen LogP contribution in [-0.4, -0.2) is 81.5 Å². The Kier molecular flexibility index (Phi) is 20.0. The summed E-state index contributed by atoms with van der Waals surface area (Å²) in [6, 6.07) is 0. The number of ether oxygens (including phenoxy) is 1. The zero-order chi connectivity index (χ0) is 26.6. The SMILES string of the molecule is CCCCCCCCCCCCCCCCC(COP(=O)(O)OCC[N+](C)(C)C)OC(=O)N(C)C. The molecule has 2 atom stereocenters. The van der Waals surface area contributed by atoms with Crippen LogP contribution < -0.4 is 0 Å². The van der Waals surface area contributed by atoms with E-state index < -0.39 is 20.0 Å². The second kappa shape index (κ2) is 20.4. The van der Waals surface area contributed by atoms with Gasteiger partial charge in [0.05, 0.1) is 27.7 Å². The van der Waals surface area contributed by atoms with Crippen molar-refractivity contribution in [2.75, 3.05) is 55.0 Å². The highest BCUT2D eigenvalue weighted by atomic mass is 31.2. The number of carbonyl (C=O) groups is 1. The van der Waals surface area contributed by atoms with Crippen LogP contribution in [0, 0.1) is 0 Å². The predicted molar refractivity (Wildman–Crippen MR) is 144 cm³/mol. The molecule has 8 nitrogen and oxygen atoms in total. The van der Waals surface area contributed by atoms with E-state index in [2.05, 4.69) is 6.92 Å². The molecule has 0 fully saturated rings. The molecule has 0 bridgehead atoms. The summed E-state index contributed by atoms with van der Waals surface area (Å²) in [7, 11) is 4.95. The Morgan fingerprint density at radius 3 is 1.71 bits per heavy atom. The normalized spacial score (nSPS) is 14.5. The number of rotatable bonds is 23. The predicted octanol–water partition coefficient (Wildman–Crippen LogP) is 6.76. The van der Waals surface area contributed by atoms with Gasteiger partial charge in [-0.1, -0.05) is 90.4 Å². The molecule has 2 unspecified atom stereocenters. The maximum atomic E-state index is 12.2. The lowest BCUT2D eigenvalue weighted by Crippen LogP contribution is -2.37. The summed E-state index contributed by atoms with van der Waals surface area (Å²) in [4.78, 5) is 23.3. The molecule has 0 spiro atoms. The first-order valence-corrected chi connectivity index (χ1v) is 15.3. The van der Waals surface area contributed by atoms with E-state index in [9.17, 15) is 14.3 Å². The molecule has 0 aromatic heterocycles. The Hall–Kier alpha value is -0.660. The van der Waals surface area contributed by atoms with Crippen molar-refractivity contribution in [3.63, 3.8) is 0 Å². The molecule has 0 aromatic rings. The molecule has 0 saturated heterocycles. The smallest absolute Gasteiger partial charge is 0.444 e. The van der Waals surface area contributed by atoms with Gasteiger partial charge in [0.1, 0.15) is 19.3 Å². The number of hydrogen-bond donors (Lipinski definition) is 1. The quantitative estimate of drug-likeness (QED) is 0.0904. The fourth-order valence-electron chi connectivity index (χ4n) is 3.64. The van der Waals surface area contributed by atoms with Gasteiger partial charge in [-0.25, -0.2) is 9.36 Å². The Labute approximate surface area is 215 Å². The number of likely N-dealkylation sites (N-methyl/N-ethyl adjacent to an activating group) is 1. The van der Waals surface area contributed by atoms with Gasteiger partial charge in [-0.2, -0.15) is 0 Å². The van der Waals surface area contributed by atoms with Gasteiger partial charge in [0, 0.05) is 14.1 Å². The Morgan fingerprint density at radius 1 is 0.829 bits per heavy atom. The highest BCUT2D eigenvalue weighted by Gasteiger charge is 2.26. The topological polar surface area (TPSA) is 85.3 Å². The van der Waals surface area contributed by atoms with E-state index in [4.69, 9.17) is 13.8 Å². The Bertz CT molecular complexity index is 569. The number of unbranched alkanes of at least 4 members (excludes halogenated alkanes) is 13. The molecule has 0 heterocycles. The number of carbonyl (C=O) groups excluding carboxylic acids is 1. The largest absolute Gasteiger partial charge is 0.472 e. The van der Waals surface area contributed by atoms with Crippen molar-refractivity contribution in [1.29, 1.82) is 0 Å². The van der Waals surface area contributed by atoms with Crippen molar-refractivity contribution in [2.45, 2.75) is 109 Å². The average molecular weight is 524 g/mol. The van der Waals surface area contributed by atoms with Crippen molar-refractivity contribution >= 4 is 13.9 Å². The third kappa shape index (κ3) is 23.5. The molecule has 0 aliphatic carbocycles. The molecular weight excluding hydrogens is 467 g/mol. The molecule has 0 rings (SSSR count). The lowest BCUT2D eigenvalue weighted by molar-refractivity contribution is -0.870. The van der Waals surface area contributed by atoms with E-state index in [1.165, 1.54) is 75.5 Å². The van der Waals surface area contributed by atoms with Crippen LogP contribution in [0.5, 0.6) is 0 Å². The van der Waals surface area contributed by atoms with Gasteiger partial charge in [0.25, 0.3) is 0 Å². The zero-order valence-electron chi connectivity index (χ0n) is 23.6. The molecule has 9 heteroatoms. The second-order valence-corrected chi connectivity index (χ2v) is 12.4. The van der Waals surface area contributed by atoms with Crippen LogP contribution in [0.2, 0.25) is 0 Å². The number of phosphoric ester groups is 1. The van der Waals surface area contributed by atoms with Crippen molar-refractivity contribution in [3.05, 3.63) is 0 Å². The van der Waals surface area contributed by atoms with E-state index in [-0.39, 0.29) is 13.2 Å². The third-order valence-corrected chi connectivity index (χ3v) is 6.94. The molecule has 0 aromatic carbocycles. The van der Waals surface area contributed by atoms with Crippen LogP contribution in [0.1, 0.15) is 103 Å². The summed E-state index contributed by atoms with van der Waals surface area (Å²) in [5, 5.41) is 0. The molecule has 1 N–H and O–H groups in total. The molecule has 0 saturated carbocycles. The van der Waals surface area contributed by atoms with Gasteiger partial charge < -0.3 is 19.0 Å². The average Bonchev–Trinajstić information content (AvgIpc) is 2.76. The number of phosphoric acid groups is 1. The van der Waals surface area contributed by atoms with E-state index in [0.717, 1.165) is 19.3 Å². The number of nitrogens with zero attached hydrogens (tertiary/aromatic N) is 2. The van der Waals surface area contributed by atoms with Crippen LogP contribution in [0.25, 0.3) is 0 Å². The molecule has 35 heavy (non-hydrogen) atoms. The van der Waals surface area contributed by atoms with Gasteiger partial charge in [0.15, 0.2) is 0 Å². The van der Waals surface area contributed by atoms with Gasteiger partial charge in [-0.15, -0.1) is 0 Å². The Morgan fingerprint density at radius 2 is 1.29 bits per heavy atom. The van der Waals surface area contributed by atoms with Crippen LogP contribution in [-0.2, 0) is 18.3 Å². The van der Waals surface area contributed by atoms with Gasteiger partial charge in [-0.3, -0.25) is 9.05 Å². The van der Waals surface area contributed by atoms with Crippen molar-refractivity contribution in [3.8, 4) is 0 Å². The summed E-state index contributed by atoms with van der Waals surface area (Å²) in [6.45, 7) is 2.79. The number of amides is 1. The summed E-state index contributed by atoms with van der Waals surface area (Å²) in [5.74, 6) is 0. The van der Waals surface area contributed by atoms with Crippen molar-refractivity contribution in [1.82, 2.24) is 4.90 Å². The minimum Gasteiger partial charge on any atom is -0.444 e. The summed E-state index contributed by atoms with van der Waals surface area (Å²) < 4.78 is 28.4. The van der Waals surface area contributed by atoms with Crippen molar-refractivity contribution in [2.24, 2.45) is 0 Å². The Balaban J connectivity index is 4.07. The highest BCUT2D eigenvalue weighted by Crippen LogP contribution is 2.43. The van der Waals surface area contributed by atoms with Crippen LogP contribution in [0.3, 0.4) is 0 Å². The number of quaternary nitrogens is 1. The minimum absolute atomic E-state index is 0.110. The first-order valence-electron chi connectivity index (χ1n) is 13.8. The fourth-order valence-corrected chi connectivity index (χ4v) is 4.38. The second-order valence-electron chi connectivity index (χ2n) is 10.9. The third-order valence-electron chi connectivity index (χ3n) is 5.95. The fraction of sp³-hybridized carbons (Fsp3) is 0.962. The lowest BCUT2D eigenvalue weighted by Gasteiger charge is -2.24. The standard InChI is InChI=1S/C26H55N2O6P/c1-7-8-9-10-11-12-13-14-15-16-17-18-19-20-21-25(34-26(29)27(2)3)24-33-35(30,31)32-23-22-28(4,5)6/h25H,7-24H2,1-6H3/p+1. The van der Waals surface area contributed by atoms with Crippen LogP contribution in [0.4, 0.5) is 4.79 Å². The zero-order valence-corrected chi connectivity index (χ0v) is 24.5. The van der Waals surface area contributed by atoms with Gasteiger partial charge in [-0.05, 0) is 12.8 Å². The first-order chi connectivity index (χ1) is 16.5. The molecule has 0 aliphatic rings. The van der Waals surface area contributed by atoms with E-state index >= 15 is 0 Å². The summed E-state index contributed by atoms with van der Waals surface area (Å²) >= 11 is 0. The number of hydrogen-bond acceptors (Lipinski definition) is 5. The van der Waals surface area contributed by atoms with Gasteiger partial charge in [0.2, 0.25) is 0 Å². The first kappa shape index (κ1) is 34.3. The van der Waals surface area contributed by atoms with Crippen LogP contribution in [0.15, 0.2) is 0 Å². The van der Waals surface area contributed by atoms with Gasteiger partial charge >= 0.3 is 13.9 Å². The molecule has 210 valence electrons. The molecule has 1 amide bonds. The molecular formula is C26H56N2O6P+. The molecule has 0 aliphatic heterocycles.